The normalized spacial score (nSPS) is 13.4. The fourth-order valence-electron chi connectivity index (χ4n) is 2.57. The van der Waals surface area contributed by atoms with Gasteiger partial charge in [0.15, 0.2) is 0 Å². The van der Waals surface area contributed by atoms with Crippen molar-refractivity contribution < 1.29 is 13.9 Å². The Morgan fingerprint density at radius 2 is 2.00 bits per heavy atom. The van der Waals surface area contributed by atoms with Crippen LogP contribution in [0.1, 0.15) is 28.7 Å². The van der Waals surface area contributed by atoms with Crippen molar-refractivity contribution in [3.63, 3.8) is 0 Å². The highest BCUT2D eigenvalue weighted by Gasteiger charge is 2.16. The molecule has 0 aliphatic heterocycles. The van der Waals surface area contributed by atoms with Gasteiger partial charge in [0.2, 0.25) is 0 Å². The second-order valence-corrected chi connectivity index (χ2v) is 5.35. The maximum absolute atomic E-state index is 13.8. The van der Waals surface area contributed by atoms with Gasteiger partial charge in [-0.05, 0) is 41.8 Å². The number of aryl methyl sites for hydroxylation is 1. The van der Waals surface area contributed by atoms with Gasteiger partial charge in [-0.3, -0.25) is 4.79 Å². The van der Waals surface area contributed by atoms with Crippen molar-refractivity contribution in [2.75, 3.05) is 0 Å². The molecule has 2 aromatic rings. The van der Waals surface area contributed by atoms with Gasteiger partial charge in [0.1, 0.15) is 24.0 Å². The molecule has 0 bridgehead atoms. The molecule has 0 spiro atoms. The average Bonchev–Trinajstić information content (AvgIpc) is 2.53. The van der Waals surface area contributed by atoms with E-state index in [-0.39, 0.29) is 18.0 Å². The SMILES string of the molecule is N#Cc1ccc(COc2ccc3c(c2)CC(=O)CC3)c(F)c1. The van der Waals surface area contributed by atoms with Crippen LogP contribution in [0.5, 0.6) is 5.75 Å². The van der Waals surface area contributed by atoms with Gasteiger partial charge in [-0.1, -0.05) is 12.1 Å². The first-order chi connectivity index (χ1) is 10.7. The summed E-state index contributed by atoms with van der Waals surface area (Å²) in [5, 5.41) is 8.72. The first kappa shape index (κ1) is 14.3. The zero-order valence-electron chi connectivity index (χ0n) is 11.9. The van der Waals surface area contributed by atoms with E-state index >= 15 is 0 Å². The van der Waals surface area contributed by atoms with E-state index in [9.17, 15) is 9.18 Å². The number of ketones is 1. The fourth-order valence-corrected chi connectivity index (χ4v) is 2.57. The van der Waals surface area contributed by atoms with Crippen molar-refractivity contribution in [1.82, 2.24) is 0 Å². The molecule has 0 radical (unpaired) electrons. The van der Waals surface area contributed by atoms with E-state index in [4.69, 9.17) is 10.00 Å². The number of halogens is 1. The lowest BCUT2D eigenvalue weighted by Crippen LogP contribution is -2.13. The van der Waals surface area contributed by atoms with Gasteiger partial charge in [-0.15, -0.1) is 0 Å². The van der Waals surface area contributed by atoms with Gasteiger partial charge >= 0.3 is 0 Å². The quantitative estimate of drug-likeness (QED) is 0.872. The highest BCUT2D eigenvalue weighted by molar-refractivity contribution is 5.83. The molecule has 0 N–H and O–H groups in total. The second-order valence-electron chi connectivity index (χ2n) is 5.35. The Hall–Kier alpha value is -2.67. The van der Waals surface area contributed by atoms with Crippen molar-refractivity contribution in [2.45, 2.75) is 25.9 Å². The summed E-state index contributed by atoms with van der Waals surface area (Å²) in [4.78, 5) is 11.5. The summed E-state index contributed by atoms with van der Waals surface area (Å²) in [5.41, 5.74) is 2.85. The molecule has 0 atom stereocenters. The minimum absolute atomic E-state index is 0.0876. The topological polar surface area (TPSA) is 50.1 Å². The average molecular weight is 295 g/mol. The van der Waals surface area contributed by atoms with Crippen LogP contribution in [-0.2, 0) is 24.2 Å². The summed E-state index contributed by atoms with van der Waals surface area (Å²) in [6.45, 7) is 0.0876. The third-order valence-corrected chi connectivity index (χ3v) is 3.82. The molecule has 0 amide bonds. The molecule has 110 valence electrons. The summed E-state index contributed by atoms with van der Waals surface area (Å²) >= 11 is 0. The molecule has 1 aliphatic rings. The number of rotatable bonds is 3. The number of hydrogen-bond donors (Lipinski definition) is 0. The maximum Gasteiger partial charge on any atom is 0.137 e. The number of ether oxygens (including phenoxy) is 1. The van der Waals surface area contributed by atoms with Crippen LogP contribution in [0.25, 0.3) is 0 Å². The Labute approximate surface area is 128 Å². The van der Waals surface area contributed by atoms with Crippen molar-refractivity contribution in [1.29, 1.82) is 5.26 Å². The van der Waals surface area contributed by atoms with Crippen LogP contribution in [0.2, 0.25) is 0 Å². The molecule has 3 rings (SSSR count). The summed E-state index contributed by atoms with van der Waals surface area (Å²) in [6.07, 6.45) is 1.82. The highest BCUT2D eigenvalue weighted by atomic mass is 19.1. The third-order valence-electron chi connectivity index (χ3n) is 3.82. The van der Waals surface area contributed by atoms with E-state index in [0.717, 1.165) is 12.0 Å². The van der Waals surface area contributed by atoms with E-state index in [1.54, 1.807) is 12.1 Å². The standard InChI is InChI=1S/C18H14FNO2/c19-18-7-12(10-20)1-2-14(18)11-22-17-6-4-13-3-5-16(21)8-15(13)9-17/h1-2,4,6-7,9H,3,5,8,11H2. The van der Waals surface area contributed by atoms with Gasteiger partial charge in [-0.25, -0.2) is 4.39 Å². The monoisotopic (exact) mass is 295 g/mol. The Morgan fingerprint density at radius 1 is 1.14 bits per heavy atom. The molecule has 0 heterocycles. The van der Waals surface area contributed by atoms with Gasteiger partial charge in [-0.2, -0.15) is 5.26 Å². The van der Waals surface area contributed by atoms with Crippen molar-refractivity contribution in [2.24, 2.45) is 0 Å². The lowest BCUT2D eigenvalue weighted by Gasteiger charge is -2.16. The molecule has 0 saturated carbocycles. The number of nitriles is 1. The number of fused-ring (bicyclic) bond motifs is 1. The molecule has 0 fully saturated rings. The fraction of sp³-hybridized carbons (Fsp3) is 0.222. The molecule has 0 aromatic heterocycles. The molecule has 4 heteroatoms. The van der Waals surface area contributed by atoms with Crippen molar-refractivity contribution >= 4 is 5.78 Å². The van der Waals surface area contributed by atoms with E-state index in [2.05, 4.69) is 0 Å². The number of hydrogen-bond acceptors (Lipinski definition) is 3. The summed E-state index contributed by atoms with van der Waals surface area (Å²) in [6, 6.07) is 11.9. The van der Waals surface area contributed by atoms with Crippen LogP contribution in [-0.4, -0.2) is 5.78 Å². The van der Waals surface area contributed by atoms with Crippen LogP contribution < -0.4 is 4.74 Å². The van der Waals surface area contributed by atoms with Crippen LogP contribution in [0.3, 0.4) is 0 Å². The highest BCUT2D eigenvalue weighted by Crippen LogP contribution is 2.25. The largest absolute Gasteiger partial charge is 0.489 e. The third kappa shape index (κ3) is 2.99. The minimum atomic E-state index is -0.452. The summed E-state index contributed by atoms with van der Waals surface area (Å²) < 4.78 is 19.4. The Kier molecular flexibility index (Phi) is 3.88. The summed E-state index contributed by atoms with van der Waals surface area (Å²) in [7, 11) is 0. The zero-order valence-corrected chi connectivity index (χ0v) is 11.9. The van der Waals surface area contributed by atoms with Crippen molar-refractivity contribution in [3.8, 4) is 11.8 Å². The number of carbonyl (C=O) groups is 1. The molecule has 2 aromatic carbocycles. The summed E-state index contributed by atoms with van der Waals surface area (Å²) in [5.74, 6) is 0.409. The number of nitrogens with zero attached hydrogens (tertiary/aromatic N) is 1. The smallest absolute Gasteiger partial charge is 0.137 e. The van der Waals surface area contributed by atoms with Gasteiger partial charge in [0, 0.05) is 18.4 Å². The molecule has 22 heavy (non-hydrogen) atoms. The Balaban J connectivity index is 1.73. The minimum Gasteiger partial charge on any atom is -0.489 e. The number of benzene rings is 2. The van der Waals surface area contributed by atoms with E-state index in [1.165, 1.54) is 11.6 Å². The van der Waals surface area contributed by atoms with Gasteiger partial charge in [0.25, 0.3) is 0 Å². The second kappa shape index (κ2) is 5.98. The van der Waals surface area contributed by atoms with E-state index in [0.29, 0.717) is 24.2 Å². The molecular weight excluding hydrogens is 281 g/mol. The Bertz CT molecular complexity index is 777. The predicted octanol–water partition coefficient (Wildman–Crippen LogP) is 3.33. The van der Waals surface area contributed by atoms with Gasteiger partial charge < -0.3 is 4.74 Å². The van der Waals surface area contributed by atoms with E-state index in [1.807, 2.05) is 24.3 Å². The zero-order chi connectivity index (χ0) is 15.5. The molecule has 0 unspecified atom stereocenters. The van der Waals surface area contributed by atoms with Crippen LogP contribution >= 0.6 is 0 Å². The van der Waals surface area contributed by atoms with Crippen LogP contribution in [0, 0.1) is 17.1 Å². The first-order valence-corrected chi connectivity index (χ1v) is 7.10. The molecule has 1 aliphatic carbocycles. The molecule has 0 saturated heterocycles. The van der Waals surface area contributed by atoms with Crippen LogP contribution in [0.15, 0.2) is 36.4 Å². The van der Waals surface area contributed by atoms with Crippen LogP contribution in [0.4, 0.5) is 4.39 Å². The lowest BCUT2D eigenvalue weighted by atomic mass is 9.91. The van der Waals surface area contributed by atoms with E-state index < -0.39 is 5.82 Å². The van der Waals surface area contributed by atoms with Gasteiger partial charge in [0.05, 0.1) is 11.6 Å². The Morgan fingerprint density at radius 3 is 2.77 bits per heavy atom. The number of Topliss-reactive ketones (excluding diaryl/α,β-unsaturated/α-hetero) is 1. The lowest BCUT2D eigenvalue weighted by molar-refractivity contribution is -0.118. The number of carbonyl (C=O) groups excluding carboxylic acids is 1. The first-order valence-electron chi connectivity index (χ1n) is 7.10. The molecular formula is C18H14FNO2. The maximum atomic E-state index is 13.8. The molecule has 3 nitrogen and oxygen atoms in total. The predicted molar refractivity (Wildman–Crippen MR) is 78.9 cm³/mol. The van der Waals surface area contributed by atoms with Crippen molar-refractivity contribution in [3.05, 3.63) is 64.5 Å².